The van der Waals surface area contributed by atoms with E-state index in [1.807, 2.05) is 0 Å². The van der Waals surface area contributed by atoms with Crippen molar-refractivity contribution in [3.05, 3.63) is 0 Å². The molecule has 9 heavy (non-hydrogen) atoms. The molecule has 1 aliphatic heterocycles. The number of rotatable bonds is 0. The summed E-state index contributed by atoms with van der Waals surface area (Å²) in [4.78, 5) is 2.50. The first kappa shape index (κ1) is 6.05. The van der Waals surface area contributed by atoms with Crippen LogP contribution < -0.4 is 0 Å². The second-order valence-electron chi connectivity index (χ2n) is 3.09. The zero-order valence-electron chi connectivity index (χ0n) is 5.84. The Morgan fingerprint density at radius 1 is 1.44 bits per heavy atom. The molecule has 0 aromatic carbocycles. The van der Waals surface area contributed by atoms with Crippen LogP contribution >= 0.6 is 11.8 Å². The lowest BCUT2D eigenvalue weighted by atomic mass is 10.2. The van der Waals surface area contributed by atoms with E-state index < -0.39 is 0 Å². The quantitative estimate of drug-likeness (QED) is 0.506. The van der Waals surface area contributed by atoms with Gasteiger partial charge in [-0.25, -0.2) is 0 Å². The summed E-state index contributed by atoms with van der Waals surface area (Å²) in [7, 11) is 2.25. The van der Waals surface area contributed by atoms with E-state index in [4.69, 9.17) is 0 Å². The molecule has 2 unspecified atom stereocenters. The Bertz CT molecular complexity index is 115. The molecular weight excluding hydrogens is 130 g/mol. The minimum Gasteiger partial charge on any atom is -0.293 e. The van der Waals surface area contributed by atoms with Crippen LogP contribution in [0.5, 0.6) is 0 Å². The normalized spacial score (nSPS) is 43.7. The van der Waals surface area contributed by atoms with Crippen LogP contribution in [0.4, 0.5) is 0 Å². The highest BCUT2D eigenvalue weighted by Crippen LogP contribution is 2.38. The summed E-state index contributed by atoms with van der Waals surface area (Å²) in [5, 5.41) is 0.995. The van der Waals surface area contributed by atoms with Gasteiger partial charge in [0.2, 0.25) is 0 Å². The van der Waals surface area contributed by atoms with E-state index in [2.05, 4.69) is 23.7 Å². The first-order chi connectivity index (χ1) is 4.38. The smallest absolute Gasteiger partial charge is 0.0447 e. The number of nitrogens with zero attached hydrogens (tertiary/aromatic N) is 1. The van der Waals surface area contributed by atoms with Crippen LogP contribution in [0.1, 0.15) is 19.3 Å². The molecule has 0 aromatic rings. The fraction of sp³-hybridized carbons (Fsp3) is 1.00. The van der Waals surface area contributed by atoms with Gasteiger partial charge in [0.25, 0.3) is 0 Å². The SMILES string of the molecule is CN1CSC2CCCC21. The van der Waals surface area contributed by atoms with Crippen molar-refractivity contribution >= 4 is 11.8 Å². The van der Waals surface area contributed by atoms with Gasteiger partial charge < -0.3 is 0 Å². The Kier molecular flexibility index (Phi) is 1.46. The summed E-state index contributed by atoms with van der Waals surface area (Å²) in [6.45, 7) is 0. The van der Waals surface area contributed by atoms with E-state index in [0.717, 1.165) is 11.3 Å². The summed E-state index contributed by atoms with van der Waals surface area (Å²) >= 11 is 2.15. The van der Waals surface area contributed by atoms with Crippen molar-refractivity contribution < 1.29 is 0 Å². The minimum atomic E-state index is 0.940. The van der Waals surface area contributed by atoms with E-state index >= 15 is 0 Å². The molecule has 0 spiro atoms. The van der Waals surface area contributed by atoms with Gasteiger partial charge in [0, 0.05) is 17.2 Å². The number of thioether (sulfide) groups is 1. The third kappa shape index (κ3) is 0.887. The van der Waals surface area contributed by atoms with Gasteiger partial charge in [-0.1, -0.05) is 6.42 Å². The Hall–Kier alpha value is 0.310. The molecule has 1 heterocycles. The molecule has 52 valence electrons. The fourth-order valence-electron chi connectivity index (χ4n) is 1.91. The molecule has 1 saturated carbocycles. The third-order valence-corrected chi connectivity index (χ3v) is 4.01. The average molecular weight is 143 g/mol. The average Bonchev–Trinajstić information content (AvgIpc) is 2.35. The molecule has 1 saturated heterocycles. The Morgan fingerprint density at radius 3 is 3.11 bits per heavy atom. The summed E-state index contributed by atoms with van der Waals surface area (Å²) < 4.78 is 0. The van der Waals surface area contributed by atoms with Crippen LogP contribution in [0, 0.1) is 0 Å². The molecule has 2 aliphatic rings. The maximum Gasteiger partial charge on any atom is 0.0447 e. The van der Waals surface area contributed by atoms with Crippen LogP contribution in [0.15, 0.2) is 0 Å². The molecule has 2 fully saturated rings. The van der Waals surface area contributed by atoms with Crippen molar-refractivity contribution in [3.63, 3.8) is 0 Å². The van der Waals surface area contributed by atoms with Crippen LogP contribution in [0.25, 0.3) is 0 Å². The van der Waals surface area contributed by atoms with E-state index in [0.29, 0.717) is 0 Å². The number of fused-ring (bicyclic) bond motifs is 1. The predicted molar refractivity (Wildman–Crippen MR) is 41.6 cm³/mol. The Labute approximate surface area is 60.8 Å². The molecular formula is C7H13NS. The summed E-state index contributed by atoms with van der Waals surface area (Å²) in [5.41, 5.74) is 0. The summed E-state index contributed by atoms with van der Waals surface area (Å²) in [5.74, 6) is 1.27. The van der Waals surface area contributed by atoms with Crippen molar-refractivity contribution in [3.8, 4) is 0 Å². The minimum absolute atomic E-state index is 0.940. The summed E-state index contributed by atoms with van der Waals surface area (Å²) in [6, 6.07) is 0.940. The lowest BCUT2D eigenvalue weighted by Crippen LogP contribution is -2.27. The maximum absolute atomic E-state index is 2.50. The molecule has 0 radical (unpaired) electrons. The second-order valence-corrected chi connectivity index (χ2v) is 4.29. The van der Waals surface area contributed by atoms with Crippen LogP contribution in [0.2, 0.25) is 0 Å². The molecule has 2 rings (SSSR count). The zero-order chi connectivity index (χ0) is 6.27. The Morgan fingerprint density at radius 2 is 2.33 bits per heavy atom. The van der Waals surface area contributed by atoms with Crippen molar-refractivity contribution in [2.75, 3.05) is 12.9 Å². The largest absolute Gasteiger partial charge is 0.293 e. The van der Waals surface area contributed by atoms with Gasteiger partial charge >= 0.3 is 0 Å². The van der Waals surface area contributed by atoms with E-state index in [-0.39, 0.29) is 0 Å². The maximum atomic E-state index is 2.50. The number of hydrogen-bond donors (Lipinski definition) is 0. The standard InChI is InChI=1S/C7H13NS/c1-8-5-9-7-4-2-3-6(7)8/h6-7H,2-5H2,1H3. The lowest BCUT2D eigenvalue weighted by Gasteiger charge is -2.15. The molecule has 1 aliphatic carbocycles. The van der Waals surface area contributed by atoms with Crippen molar-refractivity contribution in [1.29, 1.82) is 0 Å². The van der Waals surface area contributed by atoms with Gasteiger partial charge in [0.05, 0.1) is 0 Å². The monoisotopic (exact) mass is 143 g/mol. The fourth-order valence-corrected chi connectivity index (χ4v) is 3.43. The van der Waals surface area contributed by atoms with Crippen LogP contribution in [-0.4, -0.2) is 29.1 Å². The van der Waals surface area contributed by atoms with Gasteiger partial charge in [-0.3, -0.25) is 4.90 Å². The van der Waals surface area contributed by atoms with Crippen LogP contribution in [-0.2, 0) is 0 Å². The van der Waals surface area contributed by atoms with Gasteiger partial charge in [-0.2, -0.15) is 0 Å². The van der Waals surface area contributed by atoms with Gasteiger partial charge in [-0.05, 0) is 19.9 Å². The van der Waals surface area contributed by atoms with Crippen molar-refractivity contribution in [1.82, 2.24) is 4.90 Å². The molecule has 2 atom stereocenters. The number of hydrogen-bond acceptors (Lipinski definition) is 2. The third-order valence-electron chi connectivity index (χ3n) is 2.48. The van der Waals surface area contributed by atoms with Gasteiger partial charge in [0.15, 0.2) is 0 Å². The second kappa shape index (κ2) is 2.17. The Balaban J connectivity index is 2.07. The highest BCUT2D eigenvalue weighted by molar-refractivity contribution is 8.00. The van der Waals surface area contributed by atoms with Gasteiger partial charge in [-0.15, -0.1) is 11.8 Å². The zero-order valence-corrected chi connectivity index (χ0v) is 6.66. The first-order valence-electron chi connectivity index (χ1n) is 3.70. The van der Waals surface area contributed by atoms with E-state index in [1.54, 1.807) is 0 Å². The van der Waals surface area contributed by atoms with Crippen molar-refractivity contribution in [2.24, 2.45) is 0 Å². The molecule has 0 amide bonds. The van der Waals surface area contributed by atoms with Crippen LogP contribution in [0.3, 0.4) is 0 Å². The molecule has 0 N–H and O–H groups in total. The highest BCUT2D eigenvalue weighted by Gasteiger charge is 2.35. The predicted octanol–water partition coefficient (Wildman–Crippen LogP) is 1.54. The molecule has 0 bridgehead atoms. The van der Waals surface area contributed by atoms with Gasteiger partial charge in [0.1, 0.15) is 0 Å². The first-order valence-corrected chi connectivity index (χ1v) is 4.74. The summed E-state index contributed by atoms with van der Waals surface area (Å²) in [6.07, 6.45) is 4.39. The topological polar surface area (TPSA) is 3.24 Å². The van der Waals surface area contributed by atoms with E-state index in [1.165, 1.54) is 25.1 Å². The van der Waals surface area contributed by atoms with E-state index in [9.17, 15) is 0 Å². The molecule has 0 aromatic heterocycles. The van der Waals surface area contributed by atoms with Crippen molar-refractivity contribution in [2.45, 2.75) is 30.6 Å². The highest BCUT2D eigenvalue weighted by atomic mass is 32.2. The molecule has 2 heteroatoms. The lowest BCUT2D eigenvalue weighted by molar-refractivity contribution is 0.312. The molecule has 1 nitrogen and oxygen atoms in total.